The van der Waals surface area contributed by atoms with E-state index in [9.17, 15) is 28.7 Å². The standard InChI is InChI=1S/C33H26FN3O6S2/c34-16-3-7-18(8-4-16)37-31(40)26-21-13-22(27(26)32(37)41)28-25(21)24(29-30(44-28)36-33(42)45-29)15-1-11-20(12-2-15)43-14-23(39)35-17-5-9-19(38)10-6-17/h1-12,21-22,24-28,38H,13-14H2,(H,35,39)(H,36,42)/t21?,22?,24-,25?,26?,27?,28?/m1/s1. The second kappa shape index (κ2) is 10.6. The van der Waals surface area contributed by atoms with Gasteiger partial charge < -0.3 is 20.1 Å². The molecule has 3 amide bonds. The van der Waals surface area contributed by atoms with Gasteiger partial charge in [0.25, 0.3) is 5.91 Å². The van der Waals surface area contributed by atoms with Crippen LogP contribution in [-0.4, -0.2) is 39.7 Å². The number of aromatic nitrogens is 1. The summed E-state index contributed by atoms with van der Waals surface area (Å²) in [6.07, 6.45) is 0.763. The van der Waals surface area contributed by atoms with Crippen molar-refractivity contribution in [3.05, 3.63) is 98.7 Å². The van der Waals surface area contributed by atoms with Crippen LogP contribution in [0.4, 0.5) is 15.8 Å². The van der Waals surface area contributed by atoms with E-state index in [0.717, 1.165) is 21.9 Å². The van der Waals surface area contributed by atoms with Gasteiger partial charge in [-0.25, -0.2) is 4.39 Å². The average Bonchev–Trinajstić information content (AvgIpc) is 3.77. The van der Waals surface area contributed by atoms with Crippen LogP contribution in [-0.2, 0) is 14.4 Å². The molecular weight excluding hydrogens is 618 g/mol. The molecule has 9 nitrogen and oxygen atoms in total. The number of aromatic hydroxyl groups is 1. The van der Waals surface area contributed by atoms with E-state index in [2.05, 4.69) is 10.3 Å². The van der Waals surface area contributed by atoms with Gasteiger partial charge in [-0.05, 0) is 90.4 Å². The number of anilines is 2. The number of benzene rings is 3. The summed E-state index contributed by atoms with van der Waals surface area (Å²) in [5.74, 6) is -1.70. The first-order valence-corrected chi connectivity index (χ1v) is 16.3. The number of hydrogen-bond donors (Lipinski definition) is 3. The fourth-order valence-electron chi connectivity index (χ4n) is 7.90. The number of amides is 3. The number of thiazole rings is 1. The van der Waals surface area contributed by atoms with Crippen molar-refractivity contribution in [3.63, 3.8) is 0 Å². The van der Waals surface area contributed by atoms with E-state index in [0.29, 0.717) is 17.1 Å². The summed E-state index contributed by atoms with van der Waals surface area (Å²) in [6, 6.07) is 19.1. The highest BCUT2D eigenvalue weighted by Crippen LogP contribution is 2.68. The molecule has 3 heterocycles. The van der Waals surface area contributed by atoms with Gasteiger partial charge in [-0.1, -0.05) is 23.5 Å². The van der Waals surface area contributed by atoms with Crippen molar-refractivity contribution in [3.8, 4) is 11.5 Å². The number of nitrogens with zero attached hydrogens (tertiary/aromatic N) is 1. The first-order valence-electron chi connectivity index (χ1n) is 14.6. The fraction of sp³-hybridized carbons (Fsp3) is 0.273. The molecule has 1 aromatic heterocycles. The zero-order valence-electron chi connectivity index (χ0n) is 23.5. The number of imide groups is 1. The van der Waals surface area contributed by atoms with Crippen LogP contribution in [0.1, 0.15) is 22.8 Å². The maximum Gasteiger partial charge on any atom is 0.305 e. The summed E-state index contributed by atoms with van der Waals surface area (Å²) < 4.78 is 19.3. The maximum atomic E-state index is 13.8. The van der Waals surface area contributed by atoms with Gasteiger partial charge in [0.1, 0.15) is 17.3 Å². The number of fused-ring (bicyclic) bond motifs is 9. The summed E-state index contributed by atoms with van der Waals surface area (Å²) in [4.78, 5) is 57.5. The minimum absolute atomic E-state index is 0.0225. The number of nitrogens with one attached hydrogen (secondary N) is 2. The predicted octanol–water partition coefficient (Wildman–Crippen LogP) is 4.98. The third-order valence-corrected chi connectivity index (χ3v) is 12.2. The molecule has 4 aromatic rings. The van der Waals surface area contributed by atoms with E-state index in [1.54, 1.807) is 36.0 Å². The molecule has 3 aromatic carbocycles. The number of carbonyl (C=O) groups excluding carboxylic acids is 3. The number of phenolic OH excluding ortho intramolecular Hbond substituents is 1. The average molecular weight is 644 g/mol. The van der Waals surface area contributed by atoms with Crippen molar-refractivity contribution in [2.24, 2.45) is 29.6 Å². The molecule has 6 unspecified atom stereocenters. The van der Waals surface area contributed by atoms with Crippen LogP contribution in [0.5, 0.6) is 11.5 Å². The maximum absolute atomic E-state index is 13.8. The lowest BCUT2D eigenvalue weighted by molar-refractivity contribution is -0.123. The molecule has 2 aliphatic carbocycles. The Labute approximate surface area is 264 Å². The summed E-state index contributed by atoms with van der Waals surface area (Å²) in [5, 5.41) is 13.0. The Morgan fingerprint density at radius 1 is 0.956 bits per heavy atom. The fourth-order valence-corrected chi connectivity index (χ4v) is 10.8. The Balaban J connectivity index is 1.05. The topological polar surface area (TPSA) is 129 Å². The van der Waals surface area contributed by atoms with Crippen LogP contribution in [0.15, 0.2) is 82.6 Å². The lowest BCUT2D eigenvalue weighted by Gasteiger charge is -2.43. The van der Waals surface area contributed by atoms with Gasteiger partial charge in [0, 0.05) is 21.7 Å². The lowest BCUT2D eigenvalue weighted by atomic mass is 9.68. The van der Waals surface area contributed by atoms with E-state index in [-0.39, 0.29) is 63.9 Å². The van der Waals surface area contributed by atoms with Crippen LogP contribution in [0.25, 0.3) is 0 Å². The van der Waals surface area contributed by atoms with Crippen LogP contribution in [0, 0.1) is 35.4 Å². The smallest absolute Gasteiger partial charge is 0.305 e. The monoisotopic (exact) mass is 643 g/mol. The number of thioether (sulfide) groups is 1. The largest absolute Gasteiger partial charge is 0.508 e. The zero-order valence-corrected chi connectivity index (χ0v) is 25.1. The van der Waals surface area contributed by atoms with Crippen LogP contribution in [0.3, 0.4) is 0 Å². The molecule has 0 radical (unpaired) electrons. The molecule has 7 atom stereocenters. The van der Waals surface area contributed by atoms with Crippen molar-refractivity contribution >= 4 is 52.2 Å². The van der Waals surface area contributed by atoms with Gasteiger partial charge in [0.15, 0.2) is 6.61 Å². The second-order valence-electron chi connectivity index (χ2n) is 11.9. The number of aromatic amines is 1. The molecule has 3 fully saturated rings. The van der Waals surface area contributed by atoms with Crippen LogP contribution < -0.4 is 19.8 Å². The SMILES string of the molecule is O=C(COc1ccc([C@H]2c3sc(=O)[nH]c3SC3C4CC(C5C(=O)N(c6ccc(F)cc6)C(=O)C45)C32)cc1)Nc1ccc(O)cc1. The molecule has 1 saturated heterocycles. The molecule has 2 saturated carbocycles. The molecular formula is C33H26FN3O6S2. The van der Waals surface area contributed by atoms with Gasteiger partial charge >= 0.3 is 4.87 Å². The van der Waals surface area contributed by atoms with Crippen molar-refractivity contribution in [1.29, 1.82) is 0 Å². The number of hydrogen-bond acceptors (Lipinski definition) is 8. The van der Waals surface area contributed by atoms with Crippen molar-refractivity contribution in [2.45, 2.75) is 22.6 Å². The molecule has 2 aliphatic heterocycles. The first-order chi connectivity index (χ1) is 21.8. The molecule has 3 N–H and O–H groups in total. The van der Waals surface area contributed by atoms with Crippen LogP contribution in [0.2, 0.25) is 0 Å². The van der Waals surface area contributed by atoms with Crippen molar-refractivity contribution < 1.29 is 28.6 Å². The molecule has 2 bridgehead atoms. The number of phenols is 1. The summed E-state index contributed by atoms with van der Waals surface area (Å²) in [7, 11) is 0. The van der Waals surface area contributed by atoms with Crippen molar-refractivity contribution in [2.75, 3.05) is 16.8 Å². The highest BCUT2D eigenvalue weighted by Gasteiger charge is 2.69. The van der Waals surface area contributed by atoms with Gasteiger partial charge in [-0.15, -0.1) is 11.8 Å². The third kappa shape index (κ3) is 4.57. The van der Waals surface area contributed by atoms with E-state index >= 15 is 0 Å². The van der Waals surface area contributed by atoms with Gasteiger partial charge in [-0.2, -0.15) is 0 Å². The number of H-pyrrole nitrogens is 1. The zero-order chi connectivity index (χ0) is 31.0. The molecule has 4 aliphatic rings. The Bertz CT molecular complexity index is 1890. The second-order valence-corrected chi connectivity index (χ2v) is 14.1. The lowest BCUT2D eigenvalue weighted by Crippen LogP contribution is -2.42. The molecule has 0 spiro atoms. The van der Waals surface area contributed by atoms with Gasteiger partial charge in [0.05, 0.1) is 22.5 Å². The molecule has 12 heteroatoms. The first kappa shape index (κ1) is 28.1. The number of carbonyl (C=O) groups is 3. The Hall–Kier alpha value is -4.42. The van der Waals surface area contributed by atoms with Crippen LogP contribution >= 0.6 is 23.1 Å². The minimum Gasteiger partial charge on any atom is -0.508 e. The quantitative estimate of drug-likeness (QED) is 0.200. The minimum atomic E-state index is -0.455. The molecule has 228 valence electrons. The van der Waals surface area contributed by atoms with E-state index in [4.69, 9.17) is 4.74 Å². The van der Waals surface area contributed by atoms with Gasteiger partial charge in [-0.3, -0.25) is 24.1 Å². The van der Waals surface area contributed by atoms with Gasteiger partial charge in [0.2, 0.25) is 11.8 Å². The molecule has 45 heavy (non-hydrogen) atoms. The highest BCUT2D eigenvalue weighted by atomic mass is 32.2. The Kier molecular flexibility index (Phi) is 6.61. The number of ether oxygens (including phenoxy) is 1. The summed E-state index contributed by atoms with van der Waals surface area (Å²) in [5.41, 5.74) is 1.90. The van der Waals surface area contributed by atoms with E-state index in [1.165, 1.54) is 52.6 Å². The number of rotatable bonds is 6. The molecule has 8 rings (SSSR count). The summed E-state index contributed by atoms with van der Waals surface area (Å²) >= 11 is 2.80. The van der Waals surface area contributed by atoms with E-state index in [1.807, 2.05) is 12.1 Å². The van der Waals surface area contributed by atoms with Crippen molar-refractivity contribution in [1.82, 2.24) is 4.98 Å². The predicted molar refractivity (Wildman–Crippen MR) is 166 cm³/mol. The Morgan fingerprint density at radius 3 is 2.36 bits per heavy atom. The highest BCUT2D eigenvalue weighted by molar-refractivity contribution is 8.00. The van der Waals surface area contributed by atoms with E-state index < -0.39 is 17.7 Å². The number of halogens is 1. The normalized spacial score (nSPS) is 27.7. The Morgan fingerprint density at radius 2 is 1.64 bits per heavy atom. The third-order valence-electron chi connectivity index (χ3n) is 9.57. The summed E-state index contributed by atoms with van der Waals surface area (Å²) in [6.45, 7) is -0.206.